The number of nitrogens with one attached hydrogen (secondary N) is 3. The van der Waals surface area contributed by atoms with Gasteiger partial charge in [-0.15, -0.1) is 11.3 Å². The highest BCUT2D eigenvalue weighted by Crippen LogP contribution is 2.39. The lowest BCUT2D eigenvalue weighted by molar-refractivity contribution is -0.127. The summed E-state index contributed by atoms with van der Waals surface area (Å²) in [6, 6.07) is 26.7. The van der Waals surface area contributed by atoms with Crippen molar-refractivity contribution in [1.29, 1.82) is 0 Å². The zero-order chi connectivity index (χ0) is 28.5. The highest BCUT2D eigenvalue weighted by atomic mass is 32.1. The summed E-state index contributed by atoms with van der Waals surface area (Å²) < 4.78 is 1.07. The lowest BCUT2D eigenvalue weighted by Gasteiger charge is -2.39. The SMILES string of the molecule is Cc1c(C(=O)NC(C)(Cc2c[nH]c3ccccc23)C(=O)NCC2(c3ccccc3)CCCCC2)sc2ccccc12. The highest BCUT2D eigenvalue weighted by molar-refractivity contribution is 7.21. The van der Waals surface area contributed by atoms with E-state index in [0.29, 0.717) is 17.8 Å². The van der Waals surface area contributed by atoms with E-state index >= 15 is 0 Å². The van der Waals surface area contributed by atoms with Crippen molar-refractivity contribution in [1.82, 2.24) is 15.6 Å². The number of benzene rings is 3. The van der Waals surface area contributed by atoms with E-state index in [1.807, 2.05) is 68.6 Å². The Labute approximate surface area is 245 Å². The second-order valence-corrected chi connectivity index (χ2v) is 12.8. The second-order valence-electron chi connectivity index (χ2n) is 11.8. The first-order valence-electron chi connectivity index (χ1n) is 14.6. The van der Waals surface area contributed by atoms with Crippen molar-refractivity contribution in [2.75, 3.05) is 6.54 Å². The van der Waals surface area contributed by atoms with Gasteiger partial charge in [-0.25, -0.2) is 0 Å². The molecule has 6 rings (SSSR count). The fourth-order valence-corrected chi connectivity index (χ4v) is 7.67. The molecule has 6 heteroatoms. The third kappa shape index (κ3) is 5.29. The van der Waals surface area contributed by atoms with Gasteiger partial charge in [-0.1, -0.05) is 86.0 Å². The van der Waals surface area contributed by atoms with Gasteiger partial charge >= 0.3 is 0 Å². The molecule has 2 aromatic heterocycles. The number of carbonyl (C=O) groups is 2. The smallest absolute Gasteiger partial charge is 0.262 e. The lowest BCUT2D eigenvalue weighted by atomic mass is 9.69. The minimum absolute atomic E-state index is 0.0943. The molecule has 3 aromatic carbocycles. The van der Waals surface area contributed by atoms with E-state index in [-0.39, 0.29) is 17.2 Å². The Kier molecular flexibility index (Phi) is 7.43. The molecule has 0 radical (unpaired) electrons. The molecule has 0 bridgehead atoms. The van der Waals surface area contributed by atoms with Crippen LogP contribution >= 0.6 is 11.3 Å². The first-order valence-corrected chi connectivity index (χ1v) is 15.4. The largest absolute Gasteiger partial charge is 0.361 e. The van der Waals surface area contributed by atoms with Crippen LogP contribution in [0.1, 0.15) is 65.4 Å². The number of aromatic nitrogens is 1. The molecule has 210 valence electrons. The van der Waals surface area contributed by atoms with Gasteiger partial charge in [0.05, 0.1) is 4.88 Å². The van der Waals surface area contributed by atoms with Crippen LogP contribution in [0, 0.1) is 6.92 Å². The van der Waals surface area contributed by atoms with Crippen molar-refractivity contribution in [3.05, 3.63) is 107 Å². The lowest BCUT2D eigenvalue weighted by Crippen LogP contribution is -2.59. The maximum absolute atomic E-state index is 14.2. The Morgan fingerprint density at radius 1 is 0.902 bits per heavy atom. The van der Waals surface area contributed by atoms with Crippen LogP contribution in [-0.2, 0) is 16.6 Å². The van der Waals surface area contributed by atoms with Gasteiger partial charge in [0.25, 0.3) is 5.91 Å². The van der Waals surface area contributed by atoms with E-state index in [1.54, 1.807) is 0 Å². The van der Waals surface area contributed by atoms with Crippen LogP contribution in [0.5, 0.6) is 0 Å². The zero-order valence-electron chi connectivity index (χ0n) is 23.8. The molecule has 5 nitrogen and oxygen atoms in total. The molecule has 2 heterocycles. The van der Waals surface area contributed by atoms with Gasteiger partial charge in [-0.3, -0.25) is 9.59 Å². The Balaban J connectivity index is 1.31. The second kappa shape index (κ2) is 11.2. The van der Waals surface area contributed by atoms with Gasteiger partial charge in [0.2, 0.25) is 5.91 Å². The summed E-state index contributed by atoms with van der Waals surface area (Å²) in [4.78, 5) is 32.1. The normalized spacial score (nSPS) is 16.3. The summed E-state index contributed by atoms with van der Waals surface area (Å²) >= 11 is 1.48. The van der Waals surface area contributed by atoms with Crippen LogP contribution in [0.25, 0.3) is 21.0 Å². The summed E-state index contributed by atoms with van der Waals surface area (Å²) in [5.74, 6) is -0.368. The van der Waals surface area contributed by atoms with E-state index in [0.717, 1.165) is 57.8 Å². The predicted molar refractivity (Wildman–Crippen MR) is 169 cm³/mol. The number of aromatic amines is 1. The molecule has 0 aliphatic heterocycles. The number of aryl methyl sites for hydroxylation is 1. The van der Waals surface area contributed by atoms with Crippen molar-refractivity contribution in [2.24, 2.45) is 0 Å². The van der Waals surface area contributed by atoms with Crippen molar-refractivity contribution in [3.8, 4) is 0 Å². The van der Waals surface area contributed by atoms with Crippen LogP contribution < -0.4 is 10.6 Å². The summed E-state index contributed by atoms with van der Waals surface area (Å²) in [6.07, 6.45) is 7.95. The van der Waals surface area contributed by atoms with Gasteiger partial charge in [0, 0.05) is 40.2 Å². The van der Waals surface area contributed by atoms with Crippen LogP contribution in [0.15, 0.2) is 85.1 Å². The summed E-state index contributed by atoms with van der Waals surface area (Å²) in [5, 5.41) is 8.67. The molecule has 1 fully saturated rings. The number of hydrogen-bond donors (Lipinski definition) is 3. The Hall–Kier alpha value is -3.90. The van der Waals surface area contributed by atoms with E-state index in [1.165, 1.54) is 23.3 Å². The minimum atomic E-state index is -1.16. The number of para-hydroxylation sites is 1. The average Bonchev–Trinajstić information content (AvgIpc) is 3.57. The Morgan fingerprint density at radius 3 is 2.34 bits per heavy atom. The molecule has 1 aliphatic rings. The van der Waals surface area contributed by atoms with Crippen molar-refractivity contribution in [2.45, 2.75) is 63.3 Å². The summed E-state index contributed by atoms with van der Waals surface area (Å²) in [7, 11) is 0. The molecule has 1 unspecified atom stereocenters. The van der Waals surface area contributed by atoms with E-state index in [9.17, 15) is 9.59 Å². The molecule has 0 spiro atoms. The number of hydrogen-bond acceptors (Lipinski definition) is 3. The molecule has 0 saturated heterocycles. The third-order valence-corrected chi connectivity index (χ3v) is 10.2. The van der Waals surface area contributed by atoms with Gasteiger partial charge in [-0.2, -0.15) is 0 Å². The van der Waals surface area contributed by atoms with Gasteiger partial charge in [0.15, 0.2) is 0 Å². The Morgan fingerprint density at radius 2 is 1.59 bits per heavy atom. The number of fused-ring (bicyclic) bond motifs is 2. The number of thiophene rings is 1. The fraction of sp³-hybridized carbons (Fsp3) is 0.314. The highest BCUT2D eigenvalue weighted by Gasteiger charge is 2.40. The third-order valence-electron chi connectivity index (χ3n) is 8.94. The molecule has 1 atom stereocenters. The summed E-state index contributed by atoms with van der Waals surface area (Å²) in [5.41, 5.74) is 3.00. The molecule has 1 aliphatic carbocycles. The maximum atomic E-state index is 14.2. The molecular weight excluding hydrogens is 526 g/mol. The first kappa shape index (κ1) is 27.3. The number of H-pyrrole nitrogens is 1. The standard InChI is InChI=1S/C35H37N3O2S/c1-24-27-15-8-10-18-30(27)41-31(24)32(39)38-34(2,21-25-22-36-29-17-9-7-16-28(25)29)33(40)37-23-35(19-11-4-12-20-35)26-13-5-3-6-14-26/h3,5-10,13-18,22,36H,4,11-12,19-21,23H2,1-2H3,(H,37,40)(H,38,39). The summed E-state index contributed by atoms with van der Waals surface area (Å²) in [6.45, 7) is 4.40. The van der Waals surface area contributed by atoms with Crippen LogP contribution in [0.4, 0.5) is 0 Å². The molecule has 41 heavy (non-hydrogen) atoms. The molecular formula is C35H37N3O2S. The molecule has 5 aromatic rings. The predicted octanol–water partition coefficient (Wildman–Crippen LogP) is 7.44. The number of carbonyl (C=O) groups excluding carboxylic acids is 2. The molecule has 2 amide bonds. The number of rotatable bonds is 8. The van der Waals surface area contributed by atoms with E-state index in [4.69, 9.17) is 0 Å². The van der Waals surface area contributed by atoms with Gasteiger partial charge in [0.1, 0.15) is 5.54 Å². The molecule has 1 saturated carbocycles. The zero-order valence-corrected chi connectivity index (χ0v) is 24.6. The van der Waals surface area contributed by atoms with Crippen LogP contribution in [0.3, 0.4) is 0 Å². The fourth-order valence-electron chi connectivity index (χ4n) is 6.57. The minimum Gasteiger partial charge on any atom is -0.361 e. The van der Waals surface area contributed by atoms with E-state index in [2.05, 4.69) is 45.9 Å². The van der Waals surface area contributed by atoms with Crippen molar-refractivity contribution < 1.29 is 9.59 Å². The average molecular weight is 564 g/mol. The van der Waals surface area contributed by atoms with Crippen molar-refractivity contribution >= 4 is 44.1 Å². The van der Waals surface area contributed by atoms with Gasteiger partial charge in [-0.05, 0) is 60.9 Å². The monoisotopic (exact) mass is 563 g/mol. The quantitative estimate of drug-likeness (QED) is 0.184. The molecule has 3 N–H and O–H groups in total. The number of amides is 2. The van der Waals surface area contributed by atoms with E-state index < -0.39 is 5.54 Å². The van der Waals surface area contributed by atoms with Gasteiger partial charge < -0.3 is 15.6 Å². The van der Waals surface area contributed by atoms with Crippen LogP contribution in [0.2, 0.25) is 0 Å². The maximum Gasteiger partial charge on any atom is 0.262 e. The first-order chi connectivity index (χ1) is 19.9. The topological polar surface area (TPSA) is 74.0 Å². The Bertz CT molecular complexity index is 1700. The van der Waals surface area contributed by atoms with Crippen molar-refractivity contribution in [3.63, 3.8) is 0 Å². The van der Waals surface area contributed by atoms with Crippen LogP contribution in [-0.4, -0.2) is 28.9 Å².